The average Bonchev–Trinajstić information content (AvgIpc) is 3.34. The van der Waals surface area contributed by atoms with Gasteiger partial charge in [-0.05, 0) is 58.1 Å². The lowest BCUT2D eigenvalue weighted by Crippen LogP contribution is -2.44. The van der Waals surface area contributed by atoms with Crippen LogP contribution in [0.5, 0.6) is 0 Å². The molecule has 1 aromatic carbocycles. The molecular weight excluding hydrogens is 348 g/mol. The van der Waals surface area contributed by atoms with Crippen molar-refractivity contribution < 1.29 is 13.6 Å². The number of fused-ring (bicyclic) bond motifs is 1. The van der Waals surface area contributed by atoms with Crippen LogP contribution in [-0.4, -0.2) is 32.7 Å². The number of nitrogens with zero attached hydrogens (tertiary/aromatic N) is 3. The highest BCUT2D eigenvalue weighted by Gasteiger charge is 2.34. The number of hydrogen-bond donors (Lipinski definition) is 0. The SMILES string of the molecule is CC(C)N(C(=O)c1nn(-c2ccc(F)c(F)c2)c2c1CCC2)C1CCCC1. The van der Waals surface area contributed by atoms with E-state index in [1.165, 1.54) is 6.07 Å². The summed E-state index contributed by atoms with van der Waals surface area (Å²) in [4.78, 5) is 15.4. The molecule has 1 saturated carbocycles. The van der Waals surface area contributed by atoms with Crippen LogP contribution in [0.2, 0.25) is 0 Å². The summed E-state index contributed by atoms with van der Waals surface area (Å²) in [6, 6.07) is 4.13. The summed E-state index contributed by atoms with van der Waals surface area (Å²) in [5.74, 6) is -1.82. The van der Waals surface area contributed by atoms with Crippen LogP contribution in [0.4, 0.5) is 8.78 Å². The minimum absolute atomic E-state index is 0.0311. The van der Waals surface area contributed by atoms with Gasteiger partial charge in [-0.25, -0.2) is 13.5 Å². The first-order valence-electron chi connectivity index (χ1n) is 9.86. The fraction of sp³-hybridized carbons (Fsp3) is 0.524. The zero-order chi connectivity index (χ0) is 19.1. The summed E-state index contributed by atoms with van der Waals surface area (Å²) in [6.45, 7) is 4.09. The molecule has 0 atom stereocenters. The van der Waals surface area contributed by atoms with Gasteiger partial charge in [-0.1, -0.05) is 12.8 Å². The maximum Gasteiger partial charge on any atom is 0.275 e. The van der Waals surface area contributed by atoms with Crippen molar-refractivity contribution in [3.8, 4) is 5.69 Å². The predicted molar refractivity (Wildman–Crippen MR) is 99.1 cm³/mol. The Morgan fingerprint density at radius 1 is 1.15 bits per heavy atom. The van der Waals surface area contributed by atoms with Crippen molar-refractivity contribution in [3.63, 3.8) is 0 Å². The first-order valence-corrected chi connectivity index (χ1v) is 9.86. The van der Waals surface area contributed by atoms with E-state index < -0.39 is 11.6 Å². The fourth-order valence-corrected chi connectivity index (χ4v) is 4.57. The summed E-state index contributed by atoms with van der Waals surface area (Å²) < 4.78 is 28.7. The normalized spacial score (nSPS) is 16.9. The van der Waals surface area contributed by atoms with E-state index in [0.717, 1.165) is 68.3 Å². The molecule has 0 aliphatic heterocycles. The highest BCUT2D eigenvalue weighted by Crippen LogP contribution is 2.32. The third-order valence-corrected chi connectivity index (χ3v) is 5.79. The molecule has 0 radical (unpaired) electrons. The second-order valence-electron chi connectivity index (χ2n) is 7.88. The Morgan fingerprint density at radius 2 is 1.89 bits per heavy atom. The number of rotatable bonds is 4. The molecule has 0 N–H and O–H groups in total. The van der Waals surface area contributed by atoms with E-state index in [1.807, 2.05) is 18.7 Å². The van der Waals surface area contributed by atoms with E-state index in [-0.39, 0.29) is 18.0 Å². The maximum absolute atomic E-state index is 13.7. The van der Waals surface area contributed by atoms with Crippen molar-refractivity contribution in [1.82, 2.24) is 14.7 Å². The van der Waals surface area contributed by atoms with Gasteiger partial charge in [0.1, 0.15) is 0 Å². The molecule has 0 unspecified atom stereocenters. The van der Waals surface area contributed by atoms with Crippen LogP contribution in [0.25, 0.3) is 5.69 Å². The van der Waals surface area contributed by atoms with Crippen molar-refractivity contribution >= 4 is 5.91 Å². The summed E-state index contributed by atoms with van der Waals surface area (Å²) in [5, 5.41) is 4.58. The van der Waals surface area contributed by atoms with Crippen molar-refractivity contribution in [2.45, 2.75) is 70.9 Å². The Kier molecular flexibility index (Phi) is 4.74. The van der Waals surface area contributed by atoms with Gasteiger partial charge in [0.15, 0.2) is 17.3 Å². The lowest BCUT2D eigenvalue weighted by atomic mass is 10.1. The maximum atomic E-state index is 13.7. The van der Waals surface area contributed by atoms with E-state index >= 15 is 0 Å². The molecule has 1 fully saturated rings. The largest absolute Gasteiger partial charge is 0.332 e. The minimum Gasteiger partial charge on any atom is -0.332 e. The lowest BCUT2D eigenvalue weighted by molar-refractivity contribution is 0.0605. The molecule has 2 aliphatic carbocycles. The minimum atomic E-state index is -0.905. The van der Waals surface area contributed by atoms with Crippen molar-refractivity contribution in [2.75, 3.05) is 0 Å². The van der Waals surface area contributed by atoms with Crippen molar-refractivity contribution in [2.24, 2.45) is 0 Å². The van der Waals surface area contributed by atoms with Gasteiger partial charge in [-0.15, -0.1) is 0 Å². The third kappa shape index (κ3) is 3.15. The molecule has 27 heavy (non-hydrogen) atoms. The number of aromatic nitrogens is 2. The monoisotopic (exact) mass is 373 g/mol. The van der Waals surface area contributed by atoms with Crippen LogP contribution in [0, 0.1) is 11.6 Å². The average molecular weight is 373 g/mol. The molecular formula is C21H25F2N3O. The van der Waals surface area contributed by atoms with E-state index in [0.29, 0.717) is 11.4 Å². The molecule has 2 aliphatic rings. The molecule has 0 saturated heterocycles. The summed E-state index contributed by atoms with van der Waals surface area (Å²) >= 11 is 0. The van der Waals surface area contributed by atoms with Crippen molar-refractivity contribution in [1.29, 1.82) is 0 Å². The van der Waals surface area contributed by atoms with Gasteiger partial charge >= 0.3 is 0 Å². The molecule has 1 amide bonds. The van der Waals surface area contributed by atoms with Crippen LogP contribution in [0.15, 0.2) is 18.2 Å². The highest BCUT2D eigenvalue weighted by atomic mass is 19.2. The van der Waals surface area contributed by atoms with E-state index in [4.69, 9.17) is 0 Å². The molecule has 0 spiro atoms. The van der Waals surface area contributed by atoms with Crippen LogP contribution in [0.1, 0.15) is 67.7 Å². The van der Waals surface area contributed by atoms with Crippen LogP contribution >= 0.6 is 0 Å². The highest BCUT2D eigenvalue weighted by molar-refractivity contribution is 5.94. The van der Waals surface area contributed by atoms with E-state index in [9.17, 15) is 13.6 Å². The van der Waals surface area contributed by atoms with Gasteiger partial charge in [0.25, 0.3) is 5.91 Å². The smallest absolute Gasteiger partial charge is 0.275 e. The zero-order valence-electron chi connectivity index (χ0n) is 15.8. The summed E-state index contributed by atoms with van der Waals surface area (Å²) in [7, 11) is 0. The number of carbonyl (C=O) groups is 1. The molecule has 4 rings (SSSR count). The van der Waals surface area contributed by atoms with Gasteiger partial charge in [0, 0.05) is 29.4 Å². The fourth-order valence-electron chi connectivity index (χ4n) is 4.57. The summed E-state index contributed by atoms with van der Waals surface area (Å²) in [6.07, 6.45) is 6.93. The predicted octanol–water partition coefficient (Wildman–Crippen LogP) is 4.43. The quantitative estimate of drug-likeness (QED) is 0.795. The molecule has 1 aromatic heterocycles. The Balaban J connectivity index is 1.75. The molecule has 2 aromatic rings. The van der Waals surface area contributed by atoms with Gasteiger partial charge in [0.05, 0.1) is 5.69 Å². The van der Waals surface area contributed by atoms with Crippen molar-refractivity contribution in [3.05, 3.63) is 46.8 Å². The molecule has 0 bridgehead atoms. The number of benzene rings is 1. The molecule has 144 valence electrons. The van der Waals surface area contributed by atoms with Gasteiger partial charge in [-0.2, -0.15) is 5.10 Å². The van der Waals surface area contributed by atoms with E-state index in [2.05, 4.69) is 5.10 Å². The lowest BCUT2D eigenvalue weighted by Gasteiger charge is -2.32. The molecule has 4 nitrogen and oxygen atoms in total. The number of hydrogen-bond acceptors (Lipinski definition) is 2. The van der Waals surface area contributed by atoms with Crippen LogP contribution < -0.4 is 0 Å². The number of halogens is 2. The number of amides is 1. The Hall–Kier alpha value is -2.24. The Morgan fingerprint density at radius 3 is 2.56 bits per heavy atom. The van der Waals surface area contributed by atoms with E-state index in [1.54, 1.807) is 4.68 Å². The van der Waals surface area contributed by atoms with Gasteiger partial charge < -0.3 is 4.90 Å². The standard InChI is InChI=1S/C21H25F2N3O/c1-13(2)25(14-6-3-4-7-14)21(27)20-16-8-5-9-19(16)26(24-20)15-10-11-17(22)18(23)12-15/h10-14H,3-9H2,1-2H3. The molecule has 6 heteroatoms. The Labute approximate surface area is 158 Å². The first kappa shape index (κ1) is 18.1. The first-order chi connectivity index (χ1) is 13.0. The summed E-state index contributed by atoms with van der Waals surface area (Å²) in [5.41, 5.74) is 2.85. The second-order valence-corrected chi connectivity index (χ2v) is 7.88. The van der Waals surface area contributed by atoms with Gasteiger partial charge in [0.2, 0.25) is 0 Å². The van der Waals surface area contributed by atoms with Gasteiger partial charge in [-0.3, -0.25) is 4.79 Å². The molecule has 1 heterocycles. The third-order valence-electron chi connectivity index (χ3n) is 5.79. The topological polar surface area (TPSA) is 38.1 Å². The Bertz CT molecular complexity index is 869. The van der Waals surface area contributed by atoms with Crippen LogP contribution in [0.3, 0.4) is 0 Å². The number of carbonyl (C=O) groups excluding carboxylic acids is 1. The van der Waals surface area contributed by atoms with Crippen LogP contribution in [-0.2, 0) is 12.8 Å². The second kappa shape index (κ2) is 7.06. The zero-order valence-corrected chi connectivity index (χ0v) is 15.8.